The minimum Gasteiger partial charge on any atom is -0.478 e. The van der Waals surface area contributed by atoms with E-state index in [4.69, 9.17) is 15.2 Å². The van der Waals surface area contributed by atoms with Crippen LogP contribution >= 0.6 is 0 Å². The van der Waals surface area contributed by atoms with Crippen LogP contribution in [0.3, 0.4) is 0 Å². The highest BCUT2D eigenvalue weighted by Gasteiger charge is 2.30. The quantitative estimate of drug-likeness (QED) is 0.588. The average Bonchev–Trinajstić information content (AvgIpc) is 2.67. The molecular formula is C19H22N4O5. The van der Waals surface area contributed by atoms with E-state index >= 15 is 0 Å². The molecule has 0 aliphatic carbocycles. The number of hydrogen-bond donors (Lipinski definition) is 1. The maximum atomic E-state index is 12.5. The third-order valence-electron chi connectivity index (χ3n) is 4.54. The molecule has 0 radical (unpaired) electrons. The Morgan fingerprint density at radius 1 is 1.29 bits per heavy atom. The van der Waals surface area contributed by atoms with E-state index in [2.05, 4.69) is 4.98 Å². The van der Waals surface area contributed by atoms with E-state index in [9.17, 15) is 14.9 Å². The molecule has 0 unspecified atom stereocenters. The Hall–Kier alpha value is -3.36. The summed E-state index contributed by atoms with van der Waals surface area (Å²) in [5, 5.41) is 11.6. The number of nitrogens with zero attached hydrogens (tertiary/aromatic N) is 3. The molecule has 0 fully saturated rings. The first-order valence-electron chi connectivity index (χ1n) is 9.00. The monoisotopic (exact) mass is 386 g/mol. The van der Waals surface area contributed by atoms with Gasteiger partial charge in [-0.3, -0.25) is 15.0 Å². The van der Waals surface area contributed by atoms with E-state index in [-0.39, 0.29) is 23.9 Å². The van der Waals surface area contributed by atoms with Crippen molar-refractivity contribution in [2.75, 3.05) is 24.4 Å². The van der Waals surface area contributed by atoms with Crippen LogP contribution in [0, 0.1) is 10.1 Å². The van der Waals surface area contributed by atoms with Gasteiger partial charge < -0.3 is 15.2 Å². The zero-order valence-corrected chi connectivity index (χ0v) is 15.6. The molecule has 2 heterocycles. The van der Waals surface area contributed by atoms with E-state index in [1.807, 2.05) is 24.3 Å². The Balaban J connectivity index is 2.14. The van der Waals surface area contributed by atoms with Crippen molar-refractivity contribution in [1.82, 2.24) is 4.98 Å². The summed E-state index contributed by atoms with van der Waals surface area (Å²) in [7, 11) is 1.22. The number of aromatic nitrogens is 1. The molecular weight excluding hydrogens is 364 g/mol. The van der Waals surface area contributed by atoms with Crippen molar-refractivity contribution in [1.29, 1.82) is 0 Å². The lowest BCUT2D eigenvalue weighted by molar-refractivity contribution is -0.383. The molecule has 148 valence electrons. The van der Waals surface area contributed by atoms with Crippen LogP contribution in [0.5, 0.6) is 5.88 Å². The maximum Gasteiger partial charge on any atom is 0.414 e. The fraction of sp³-hybridized carbons (Fsp3) is 0.368. The van der Waals surface area contributed by atoms with Crippen molar-refractivity contribution >= 4 is 23.3 Å². The first-order chi connectivity index (χ1) is 13.5. The summed E-state index contributed by atoms with van der Waals surface area (Å²) < 4.78 is 10.5. The van der Waals surface area contributed by atoms with Crippen LogP contribution in [0.1, 0.15) is 30.4 Å². The minimum absolute atomic E-state index is 0.0122. The first-order valence-corrected chi connectivity index (χ1v) is 9.00. The molecule has 4 bridgehead atoms. The van der Waals surface area contributed by atoms with E-state index in [1.54, 1.807) is 0 Å². The zero-order chi connectivity index (χ0) is 20.1. The molecule has 2 aromatic rings. The highest BCUT2D eigenvalue weighted by Crippen LogP contribution is 2.37. The summed E-state index contributed by atoms with van der Waals surface area (Å²) in [6.07, 6.45) is 2.97. The topological polar surface area (TPSA) is 121 Å². The van der Waals surface area contributed by atoms with Crippen molar-refractivity contribution < 1.29 is 19.2 Å². The van der Waals surface area contributed by atoms with Crippen LogP contribution in [0.15, 0.2) is 30.3 Å². The van der Waals surface area contributed by atoms with E-state index in [1.165, 1.54) is 18.1 Å². The molecule has 3 rings (SSSR count). The standard InChI is InChI=1S/C19H22N4O5/c1-27-19(24)22-12-14-8-5-7-13(10-14)6-3-2-4-9-28-16-11-15(22)17(23(25)26)18(20)21-16/h5,7-8,10-11H,2-4,6,9,12H2,1H3,(H2,20,21). The number of rotatable bonds is 1. The molecule has 0 atom stereocenters. The van der Waals surface area contributed by atoms with Crippen LogP contribution in [-0.4, -0.2) is 29.7 Å². The second-order valence-corrected chi connectivity index (χ2v) is 6.51. The molecule has 0 spiro atoms. The predicted molar refractivity (Wildman–Crippen MR) is 103 cm³/mol. The van der Waals surface area contributed by atoms with Gasteiger partial charge in [0.2, 0.25) is 11.7 Å². The number of aryl methyl sites for hydroxylation is 1. The summed E-state index contributed by atoms with van der Waals surface area (Å²) >= 11 is 0. The van der Waals surface area contributed by atoms with Gasteiger partial charge in [-0.25, -0.2) is 4.79 Å². The number of methoxy groups -OCH3 is 1. The molecule has 1 aliphatic heterocycles. The van der Waals surface area contributed by atoms with Gasteiger partial charge in [0.25, 0.3) is 0 Å². The van der Waals surface area contributed by atoms with Crippen LogP contribution in [0.25, 0.3) is 0 Å². The van der Waals surface area contributed by atoms with Crippen LogP contribution in [0.4, 0.5) is 22.0 Å². The van der Waals surface area contributed by atoms with Gasteiger partial charge in [0.15, 0.2) is 0 Å². The first kappa shape index (κ1) is 19.4. The molecule has 1 amide bonds. The van der Waals surface area contributed by atoms with Gasteiger partial charge >= 0.3 is 11.8 Å². The van der Waals surface area contributed by atoms with Crippen molar-refractivity contribution in [2.24, 2.45) is 0 Å². The molecule has 1 aromatic carbocycles. The molecule has 1 aromatic heterocycles. The van der Waals surface area contributed by atoms with Gasteiger partial charge in [0.1, 0.15) is 5.69 Å². The zero-order valence-electron chi connectivity index (χ0n) is 15.6. The van der Waals surface area contributed by atoms with Crippen LogP contribution < -0.4 is 15.4 Å². The second-order valence-electron chi connectivity index (χ2n) is 6.51. The number of fused-ring (bicyclic) bond motifs is 4. The van der Waals surface area contributed by atoms with Gasteiger partial charge in [-0.15, -0.1) is 0 Å². The highest BCUT2D eigenvalue weighted by atomic mass is 16.6. The third kappa shape index (κ3) is 4.30. The Labute approximate surface area is 162 Å². The van der Waals surface area contributed by atoms with Gasteiger partial charge in [0.05, 0.1) is 25.2 Å². The smallest absolute Gasteiger partial charge is 0.414 e. The van der Waals surface area contributed by atoms with Gasteiger partial charge in [-0.2, -0.15) is 4.98 Å². The van der Waals surface area contributed by atoms with Crippen molar-refractivity contribution in [3.8, 4) is 5.88 Å². The molecule has 9 heteroatoms. The highest BCUT2D eigenvalue weighted by molar-refractivity contribution is 5.92. The lowest BCUT2D eigenvalue weighted by atomic mass is 10.0. The normalized spacial score (nSPS) is 14.5. The number of anilines is 2. The number of amides is 1. The number of benzene rings is 1. The fourth-order valence-corrected chi connectivity index (χ4v) is 3.20. The lowest BCUT2D eigenvalue weighted by Crippen LogP contribution is -2.31. The molecule has 9 nitrogen and oxygen atoms in total. The third-order valence-corrected chi connectivity index (χ3v) is 4.54. The predicted octanol–water partition coefficient (Wildman–Crippen LogP) is 3.45. The van der Waals surface area contributed by atoms with Crippen molar-refractivity contribution in [3.63, 3.8) is 0 Å². The number of carbonyl (C=O) groups is 1. The van der Waals surface area contributed by atoms with Crippen molar-refractivity contribution in [3.05, 3.63) is 51.6 Å². The second kappa shape index (κ2) is 8.55. The summed E-state index contributed by atoms with van der Waals surface area (Å²) in [5.74, 6) is -0.176. The number of nitro groups is 1. The van der Waals surface area contributed by atoms with Gasteiger partial charge in [0, 0.05) is 6.07 Å². The summed E-state index contributed by atoms with van der Waals surface area (Å²) in [4.78, 5) is 28.6. The minimum atomic E-state index is -0.739. The molecule has 2 N–H and O–H groups in total. The van der Waals surface area contributed by atoms with Crippen LogP contribution in [0.2, 0.25) is 0 Å². The summed E-state index contributed by atoms with van der Waals surface area (Å²) in [6, 6.07) is 9.16. The Morgan fingerprint density at radius 2 is 2.07 bits per heavy atom. The van der Waals surface area contributed by atoms with E-state index in [0.29, 0.717) is 6.61 Å². The molecule has 0 saturated heterocycles. The number of pyridine rings is 1. The number of carbonyl (C=O) groups excluding carboxylic acids is 1. The number of ether oxygens (including phenoxy) is 2. The van der Waals surface area contributed by atoms with Crippen molar-refractivity contribution in [2.45, 2.75) is 32.2 Å². The number of hydrogen-bond acceptors (Lipinski definition) is 7. The Bertz CT molecular complexity index is 887. The lowest BCUT2D eigenvalue weighted by Gasteiger charge is -2.22. The summed E-state index contributed by atoms with van der Waals surface area (Å²) in [6.45, 7) is 0.492. The van der Waals surface area contributed by atoms with Gasteiger partial charge in [-0.1, -0.05) is 24.3 Å². The molecule has 28 heavy (non-hydrogen) atoms. The molecule has 1 aliphatic rings. The average molecular weight is 386 g/mol. The number of nitrogen functional groups attached to an aromatic ring is 1. The van der Waals surface area contributed by atoms with E-state index < -0.39 is 16.7 Å². The Kier molecular flexibility index (Phi) is 5.93. The fourth-order valence-electron chi connectivity index (χ4n) is 3.20. The number of nitrogens with two attached hydrogens (primary N) is 1. The Morgan fingerprint density at radius 3 is 2.82 bits per heavy atom. The SMILES string of the molecule is COC(=O)N1Cc2cccc(c2)CCCCCOc2cc1c([N+](=O)[O-])c(N)n2. The van der Waals surface area contributed by atoms with E-state index in [0.717, 1.165) is 36.8 Å². The summed E-state index contributed by atoms with van der Waals surface area (Å²) in [5.41, 5.74) is 7.32. The van der Waals surface area contributed by atoms with Crippen LogP contribution in [-0.2, 0) is 17.7 Å². The largest absolute Gasteiger partial charge is 0.478 e. The molecule has 0 saturated carbocycles. The maximum absolute atomic E-state index is 12.5. The van der Waals surface area contributed by atoms with Gasteiger partial charge in [-0.05, 0) is 36.8 Å².